The van der Waals surface area contributed by atoms with Crippen LogP contribution in [0.5, 0.6) is 0 Å². The fourth-order valence-electron chi connectivity index (χ4n) is 3.74. The first kappa shape index (κ1) is 21.0. The van der Waals surface area contributed by atoms with E-state index in [9.17, 15) is 4.79 Å². The van der Waals surface area contributed by atoms with Crippen molar-refractivity contribution in [3.63, 3.8) is 0 Å². The van der Waals surface area contributed by atoms with E-state index < -0.39 is 0 Å². The molecule has 1 atom stereocenters. The molecule has 31 heavy (non-hydrogen) atoms. The van der Waals surface area contributed by atoms with E-state index in [0.717, 1.165) is 28.2 Å². The predicted molar refractivity (Wildman–Crippen MR) is 130 cm³/mol. The third-order valence-corrected chi connectivity index (χ3v) is 5.51. The second-order valence-electron chi connectivity index (χ2n) is 7.12. The van der Waals surface area contributed by atoms with E-state index in [0.29, 0.717) is 23.0 Å². The maximum Gasteiger partial charge on any atom is 0.264 e. The third-order valence-electron chi connectivity index (χ3n) is 5.26. The highest BCUT2D eigenvalue weighted by Crippen LogP contribution is 2.32. The fraction of sp³-hybridized carbons (Fsp3) is 0.208. The Hall–Kier alpha value is -3.22. The topological polar surface area (TPSA) is 67.3 Å². The van der Waals surface area contributed by atoms with Crippen molar-refractivity contribution in [3.05, 3.63) is 75.5 Å². The molecule has 2 heterocycles. The van der Waals surface area contributed by atoms with Crippen LogP contribution in [-0.2, 0) is 4.74 Å². The third kappa shape index (κ3) is 4.04. The Morgan fingerprint density at radius 3 is 2.48 bits per heavy atom. The lowest BCUT2D eigenvalue weighted by molar-refractivity contribution is 0.115. The van der Waals surface area contributed by atoms with Crippen LogP contribution in [0.2, 0.25) is 5.02 Å². The number of ether oxygens (including phenoxy) is 1. The highest BCUT2D eigenvalue weighted by molar-refractivity contribution is 6.30. The van der Waals surface area contributed by atoms with Crippen LogP contribution < -0.4 is 21.5 Å². The molecule has 0 fully saturated rings. The van der Waals surface area contributed by atoms with Crippen LogP contribution in [0.3, 0.4) is 0 Å². The van der Waals surface area contributed by atoms with Crippen molar-refractivity contribution in [2.45, 2.75) is 13.2 Å². The van der Waals surface area contributed by atoms with Crippen molar-refractivity contribution in [1.82, 2.24) is 4.57 Å². The minimum Gasteiger partial charge on any atom is -0.386 e. The molecule has 1 aliphatic rings. The zero-order valence-corrected chi connectivity index (χ0v) is 18.5. The molecule has 2 aromatic carbocycles. The summed E-state index contributed by atoms with van der Waals surface area (Å²) in [5, 5.41) is 10.3. The van der Waals surface area contributed by atoms with E-state index in [2.05, 4.69) is 16.0 Å². The van der Waals surface area contributed by atoms with Crippen LogP contribution in [0.15, 0.2) is 59.4 Å². The van der Waals surface area contributed by atoms with Gasteiger partial charge in [0.25, 0.3) is 5.56 Å². The van der Waals surface area contributed by atoms with Crippen molar-refractivity contribution in [3.8, 4) is 16.8 Å². The highest BCUT2D eigenvalue weighted by atomic mass is 35.5. The summed E-state index contributed by atoms with van der Waals surface area (Å²) in [7, 11) is 3.73. The van der Waals surface area contributed by atoms with E-state index in [1.54, 1.807) is 16.7 Å². The van der Waals surface area contributed by atoms with Gasteiger partial charge in [-0.25, -0.2) is 0 Å². The molecule has 6 nitrogen and oxygen atoms in total. The molecule has 0 aliphatic carbocycles. The average molecular weight is 437 g/mol. The lowest BCUT2D eigenvalue weighted by Crippen LogP contribution is -2.31. The van der Waals surface area contributed by atoms with E-state index in [1.807, 2.05) is 69.6 Å². The fourth-order valence-corrected chi connectivity index (χ4v) is 3.87. The quantitative estimate of drug-likeness (QED) is 0.505. The number of anilines is 3. The second-order valence-corrected chi connectivity index (χ2v) is 7.56. The summed E-state index contributed by atoms with van der Waals surface area (Å²) in [6, 6.07) is 15.0. The number of pyridine rings is 1. The van der Waals surface area contributed by atoms with Gasteiger partial charge in [-0.05, 0) is 61.0 Å². The molecule has 1 aliphatic heterocycles. The zero-order valence-electron chi connectivity index (χ0n) is 17.7. The van der Waals surface area contributed by atoms with Crippen LogP contribution >= 0.6 is 11.6 Å². The first-order chi connectivity index (χ1) is 15.0. The lowest BCUT2D eigenvalue weighted by atomic mass is 10.0. The van der Waals surface area contributed by atoms with Crippen molar-refractivity contribution in [2.24, 2.45) is 0 Å². The van der Waals surface area contributed by atoms with Crippen molar-refractivity contribution < 1.29 is 4.74 Å². The van der Waals surface area contributed by atoms with Gasteiger partial charge in [-0.3, -0.25) is 9.36 Å². The largest absolute Gasteiger partial charge is 0.386 e. The first-order valence-electron chi connectivity index (χ1n) is 10.2. The van der Waals surface area contributed by atoms with Gasteiger partial charge in [0, 0.05) is 36.9 Å². The van der Waals surface area contributed by atoms with Crippen molar-refractivity contribution >= 4 is 34.9 Å². The number of halogens is 1. The standard InChI is InChI=1S/C24H25ClN4O2/c1-4-31-22-12-6-16-13-19(15-5-11-20(26-2)21(14-15)27-3)24(30)29(23(16)28-22)18-9-7-17(25)8-10-18/h5-14,22,26-28H,4H2,1-3H3. The van der Waals surface area contributed by atoms with Gasteiger partial charge in [0.2, 0.25) is 0 Å². The van der Waals surface area contributed by atoms with Gasteiger partial charge in [-0.1, -0.05) is 23.7 Å². The zero-order chi connectivity index (χ0) is 22.0. The van der Waals surface area contributed by atoms with Crippen LogP contribution in [0.25, 0.3) is 22.9 Å². The van der Waals surface area contributed by atoms with Gasteiger partial charge in [0.1, 0.15) is 12.0 Å². The summed E-state index contributed by atoms with van der Waals surface area (Å²) in [4.78, 5) is 13.7. The summed E-state index contributed by atoms with van der Waals surface area (Å²) in [5.41, 5.74) is 4.82. The number of aromatic nitrogens is 1. The number of nitrogens with one attached hydrogen (secondary N) is 3. The number of hydrogen-bond donors (Lipinski definition) is 3. The molecule has 0 amide bonds. The highest BCUT2D eigenvalue weighted by Gasteiger charge is 2.21. The SMILES string of the molecule is CCOC1C=Cc2cc(-c3ccc(NC)c(NC)c3)c(=O)n(-c3ccc(Cl)cc3)c2N1. The Bertz CT molecular complexity index is 1190. The first-order valence-corrected chi connectivity index (χ1v) is 10.6. The molecule has 0 saturated carbocycles. The maximum atomic E-state index is 13.7. The van der Waals surface area contributed by atoms with Crippen LogP contribution in [0.1, 0.15) is 12.5 Å². The summed E-state index contributed by atoms with van der Waals surface area (Å²) in [5.74, 6) is 0.692. The minimum absolute atomic E-state index is 0.126. The molecule has 3 N–H and O–H groups in total. The summed E-state index contributed by atoms with van der Waals surface area (Å²) in [6.07, 6.45) is 3.64. The number of nitrogens with zero attached hydrogens (tertiary/aromatic N) is 1. The van der Waals surface area contributed by atoms with Crippen molar-refractivity contribution in [2.75, 3.05) is 36.7 Å². The van der Waals surface area contributed by atoms with Crippen LogP contribution in [0, 0.1) is 0 Å². The van der Waals surface area contributed by atoms with Gasteiger partial charge in [0.05, 0.1) is 17.1 Å². The van der Waals surface area contributed by atoms with E-state index in [-0.39, 0.29) is 11.8 Å². The molecule has 7 heteroatoms. The molecular formula is C24H25ClN4O2. The van der Waals surface area contributed by atoms with E-state index in [4.69, 9.17) is 16.3 Å². The molecule has 1 unspecified atom stereocenters. The summed E-state index contributed by atoms with van der Waals surface area (Å²) >= 11 is 6.09. The molecule has 3 aromatic rings. The van der Waals surface area contributed by atoms with Crippen molar-refractivity contribution in [1.29, 1.82) is 0 Å². The summed E-state index contributed by atoms with van der Waals surface area (Å²) < 4.78 is 7.39. The number of rotatable bonds is 6. The molecule has 0 radical (unpaired) electrons. The Kier molecular flexibility index (Phi) is 6.02. The second kappa shape index (κ2) is 8.88. The monoisotopic (exact) mass is 436 g/mol. The number of hydrogen-bond acceptors (Lipinski definition) is 5. The van der Waals surface area contributed by atoms with E-state index in [1.165, 1.54) is 0 Å². The van der Waals surface area contributed by atoms with Crippen LogP contribution in [-0.4, -0.2) is 31.5 Å². The van der Waals surface area contributed by atoms with E-state index >= 15 is 0 Å². The summed E-state index contributed by atoms with van der Waals surface area (Å²) in [6.45, 7) is 2.50. The molecule has 0 saturated heterocycles. The molecule has 0 spiro atoms. The minimum atomic E-state index is -0.299. The van der Waals surface area contributed by atoms with Crippen LogP contribution in [0.4, 0.5) is 17.2 Å². The Morgan fingerprint density at radius 1 is 1.06 bits per heavy atom. The predicted octanol–water partition coefficient (Wildman–Crippen LogP) is 5.04. The average Bonchev–Trinajstić information content (AvgIpc) is 2.79. The molecular weight excluding hydrogens is 412 g/mol. The maximum absolute atomic E-state index is 13.7. The lowest BCUT2D eigenvalue weighted by Gasteiger charge is -2.26. The number of fused-ring (bicyclic) bond motifs is 1. The Morgan fingerprint density at radius 2 is 1.81 bits per heavy atom. The van der Waals surface area contributed by atoms with Gasteiger partial charge in [-0.15, -0.1) is 0 Å². The molecule has 160 valence electrons. The van der Waals surface area contributed by atoms with Gasteiger partial charge >= 0.3 is 0 Å². The number of benzene rings is 2. The normalized spacial score (nSPS) is 14.6. The molecule has 0 bridgehead atoms. The molecule has 1 aromatic heterocycles. The molecule has 4 rings (SSSR count). The van der Waals surface area contributed by atoms with Gasteiger partial charge < -0.3 is 20.7 Å². The Balaban J connectivity index is 1.94. The van der Waals surface area contributed by atoms with Gasteiger partial charge in [0.15, 0.2) is 0 Å². The van der Waals surface area contributed by atoms with Gasteiger partial charge in [-0.2, -0.15) is 0 Å². The smallest absolute Gasteiger partial charge is 0.264 e. The Labute approximate surface area is 186 Å².